The Bertz CT molecular complexity index is 1170. The number of carbonyl (C=O) groups excluding carboxylic acids is 2. The molecule has 0 N–H and O–H groups in total. The van der Waals surface area contributed by atoms with Gasteiger partial charge in [-0.05, 0) is 86.5 Å². The smallest absolute Gasteiger partial charge is 0.235 e. The molecule has 3 heterocycles. The molecule has 206 valence electrons. The van der Waals surface area contributed by atoms with Crippen LogP contribution in [0, 0.1) is 35.0 Å². The molecule has 0 spiro atoms. The lowest BCUT2D eigenvalue weighted by Crippen LogP contribution is -2.47. The standard InChI is InChI=1S/C20H29N3S.C11H15NO2/c1-16-6-2-3-7-17(16)10-11-22-12-14-23(15-13-22)20-18-8-4-5-9-19(18)24-21-20;1-11-7-4-3-6(5-7)8(11)9(13)12(2)10(11)14/h4-5,8-9,16-17H,2-3,6-7,10-15H2,1H3;6-8H,3-5H2,1-2H3. The van der Waals surface area contributed by atoms with Gasteiger partial charge in [0.05, 0.1) is 16.0 Å². The number of hydrogen-bond acceptors (Lipinski definition) is 6. The Labute approximate surface area is 231 Å². The lowest BCUT2D eigenvalue weighted by molar-refractivity contribution is -0.140. The first kappa shape index (κ1) is 26.2. The van der Waals surface area contributed by atoms with Gasteiger partial charge in [0.2, 0.25) is 11.8 Å². The van der Waals surface area contributed by atoms with Crippen molar-refractivity contribution in [1.29, 1.82) is 0 Å². The second kappa shape index (κ2) is 10.5. The maximum absolute atomic E-state index is 12.0. The van der Waals surface area contributed by atoms with Crippen LogP contribution in [0.25, 0.3) is 10.1 Å². The highest BCUT2D eigenvalue weighted by Crippen LogP contribution is 2.63. The minimum atomic E-state index is -0.339. The Morgan fingerprint density at radius 3 is 2.55 bits per heavy atom. The minimum absolute atomic E-state index is 0.0127. The molecular formula is C31H44N4O2S. The van der Waals surface area contributed by atoms with Crippen LogP contribution in [0.3, 0.4) is 0 Å². The molecule has 0 radical (unpaired) electrons. The topological polar surface area (TPSA) is 56.8 Å². The Hall–Kier alpha value is -1.99. The lowest BCUT2D eigenvalue weighted by atomic mass is 9.69. The van der Waals surface area contributed by atoms with Crippen LogP contribution < -0.4 is 4.90 Å². The van der Waals surface area contributed by atoms with Crippen LogP contribution in [0.1, 0.15) is 65.2 Å². The molecule has 7 heteroatoms. The number of benzene rings is 1. The fraction of sp³-hybridized carbons (Fsp3) is 0.710. The highest BCUT2D eigenvalue weighted by atomic mass is 32.1. The Morgan fingerprint density at radius 2 is 1.79 bits per heavy atom. The summed E-state index contributed by atoms with van der Waals surface area (Å²) in [6.45, 7) is 10.4. The van der Waals surface area contributed by atoms with Crippen molar-refractivity contribution in [3.8, 4) is 0 Å². The van der Waals surface area contributed by atoms with Crippen LogP contribution in [0.5, 0.6) is 0 Å². The van der Waals surface area contributed by atoms with Crippen molar-refractivity contribution in [3.05, 3.63) is 24.3 Å². The number of likely N-dealkylation sites (tertiary alicyclic amines) is 1. The fourth-order valence-corrected chi connectivity index (χ4v) is 9.29. The quantitative estimate of drug-likeness (QED) is 0.471. The second-order valence-electron chi connectivity index (χ2n) is 12.9. The summed E-state index contributed by atoms with van der Waals surface area (Å²) in [5.74, 6) is 4.24. The molecule has 2 amide bonds. The molecule has 2 saturated heterocycles. The van der Waals surface area contributed by atoms with Gasteiger partial charge in [0, 0.05) is 38.6 Å². The van der Waals surface area contributed by atoms with Gasteiger partial charge < -0.3 is 4.90 Å². The molecule has 6 nitrogen and oxygen atoms in total. The van der Waals surface area contributed by atoms with E-state index in [1.807, 2.05) is 6.92 Å². The fourth-order valence-electron chi connectivity index (χ4n) is 8.50. The molecule has 3 aliphatic carbocycles. The second-order valence-corrected chi connectivity index (χ2v) is 13.7. The van der Waals surface area contributed by atoms with E-state index in [0.717, 1.165) is 44.2 Å². The number of amides is 2. The monoisotopic (exact) mass is 536 g/mol. The predicted octanol–water partition coefficient (Wildman–Crippen LogP) is 5.67. The number of fused-ring (bicyclic) bond motifs is 6. The summed E-state index contributed by atoms with van der Waals surface area (Å²) in [7, 11) is 1.63. The Kier molecular flexibility index (Phi) is 7.27. The molecule has 2 bridgehead atoms. The zero-order chi connectivity index (χ0) is 26.4. The summed E-state index contributed by atoms with van der Waals surface area (Å²) < 4.78 is 6.03. The van der Waals surface area contributed by atoms with E-state index in [9.17, 15) is 9.59 Å². The van der Waals surface area contributed by atoms with E-state index in [-0.39, 0.29) is 23.1 Å². The normalized spacial score (nSPS) is 35.1. The molecule has 5 aliphatic rings. The summed E-state index contributed by atoms with van der Waals surface area (Å²) in [5, 5.41) is 1.33. The zero-order valence-corrected chi connectivity index (χ0v) is 24.2. The third-order valence-electron chi connectivity index (χ3n) is 10.9. The number of hydrogen-bond donors (Lipinski definition) is 0. The van der Waals surface area contributed by atoms with Crippen LogP contribution in [-0.2, 0) is 9.59 Å². The van der Waals surface area contributed by atoms with Gasteiger partial charge in [-0.25, -0.2) is 0 Å². The van der Waals surface area contributed by atoms with Gasteiger partial charge >= 0.3 is 0 Å². The van der Waals surface area contributed by atoms with Crippen molar-refractivity contribution in [2.45, 2.75) is 65.2 Å². The number of carbonyl (C=O) groups is 2. The highest BCUT2D eigenvalue weighted by molar-refractivity contribution is 7.13. The van der Waals surface area contributed by atoms with E-state index in [1.165, 1.54) is 72.5 Å². The average molecular weight is 537 g/mol. The van der Waals surface area contributed by atoms with Gasteiger partial charge in [-0.2, -0.15) is 4.37 Å². The molecule has 38 heavy (non-hydrogen) atoms. The van der Waals surface area contributed by atoms with Crippen LogP contribution in [-0.4, -0.2) is 65.8 Å². The third-order valence-corrected chi connectivity index (χ3v) is 11.8. The van der Waals surface area contributed by atoms with Crippen LogP contribution in [0.2, 0.25) is 0 Å². The number of rotatable bonds is 4. The van der Waals surface area contributed by atoms with E-state index in [4.69, 9.17) is 4.37 Å². The lowest BCUT2D eigenvalue weighted by Gasteiger charge is -2.37. The summed E-state index contributed by atoms with van der Waals surface area (Å²) in [4.78, 5) is 30.4. The van der Waals surface area contributed by atoms with Crippen LogP contribution in [0.4, 0.5) is 5.82 Å². The van der Waals surface area contributed by atoms with Gasteiger partial charge in [-0.15, -0.1) is 0 Å². The number of aromatic nitrogens is 1. The molecule has 2 aromatic rings. The highest BCUT2D eigenvalue weighted by Gasteiger charge is 2.67. The SMILES string of the molecule is CC1CCCCC1CCN1CCN(c2nsc3ccccc23)CC1.CN1C(=O)C2C3CCC(C3)C2(C)C1=O. The molecule has 6 unspecified atom stereocenters. The first-order chi connectivity index (χ1) is 18.4. The molecule has 5 fully saturated rings. The van der Waals surface area contributed by atoms with E-state index in [1.54, 1.807) is 18.6 Å². The molecule has 3 saturated carbocycles. The number of nitrogens with zero attached hydrogens (tertiary/aromatic N) is 4. The van der Waals surface area contributed by atoms with Crippen molar-refractivity contribution < 1.29 is 9.59 Å². The zero-order valence-electron chi connectivity index (χ0n) is 23.4. The van der Waals surface area contributed by atoms with Crippen molar-refractivity contribution >= 4 is 39.3 Å². The summed E-state index contributed by atoms with van der Waals surface area (Å²) in [6.07, 6.45) is 10.6. The van der Waals surface area contributed by atoms with Crippen LogP contribution in [0.15, 0.2) is 24.3 Å². The molecule has 1 aromatic heterocycles. The Balaban J connectivity index is 0.000000159. The first-order valence-corrected chi connectivity index (χ1v) is 15.8. The van der Waals surface area contributed by atoms with E-state index < -0.39 is 0 Å². The van der Waals surface area contributed by atoms with Gasteiger partial charge in [-0.3, -0.25) is 19.4 Å². The van der Waals surface area contributed by atoms with Crippen molar-refractivity contribution in [2.75, 3.05) is 44.7 Å². The van der Waals surface area contributed by atoms with Gasteiger partial charge in [0.1, 0.15) is 5.82 Å². The average Bonchev–Trinajstić information content (AvgIpc) is 3.69. The molecule has 7 rings (SSSR count). The van der Waals surface area contributed by atoms with Gasteiger partial charge in [-0.1, -0.05) is 44.7 Å². The maximum atomic E-state index is 12.0. The number of anilines is 1. The third kappa shape index (κ3) is 4.47. The molecular weight excluding hydrogens is 492 g/mol. The largest absolute Gasteiger partial charge is 0.353 e. The van der Waals surface area contributed by atoms with Gasteiger partial charge in [0.25, 0.3) is 0 Å². The molecule has 2 aliphatic heterocycles. The van der Waals surface area contributed by atoms with E-state index >= 15 is 0 Å². The van der Waals surface area contributed by atoms with Crippen molar-refractivity contribution in [1.82, 2.24) is 14.2 Å². The summed E-state index contributed by atoms with van der Waals surface area (Å²) >= 11 is 1.63. The first-order valence-electron chi connectivity index (χ1n) is 15.0. The van der Waals surface area contributed by atoms with Crippen molar-refractivity contribution in [2.24, 2.45) is 35.0 Å². The van der Waals surface area contributed by atoms with E-state index in [0.29, 0.717) is 11.8 Å². The van der Waals surface area contributed by atoms with Crippen LogP contribution >= 0.6 is 11.5 Å². The summed E-state index contributed by atoms with van der Waals surface area (Å²) in [6, 6.07) is 8.62. The summed E-state index contributed by atoms with van der Waals surface area (Å²) in [5.41, 5.74) is -0.339. The van der Waals surface area contributed by atoms with Gasteiger partial charge in [0.15, 0.2) is 0 Å². The minimum Gasteiger partial charge on any atom is -0.353 e. The van der Waals surface area contributed by atoms with E-state index in [2.05, 4.69) is 41.0 Å². The molecule has 6 atom stereocenters. The predicted molar refractivity (Wildman–Crippen MR) is 154 cm³/mol. The Morgan fingerprint density at radius 1 is 1.03 bits per heavy atom. The van der Waals surface area contributed by atoms with Crippen molar-refractivity contribution in [3.63, 3.8) is 0 Å². The number of piperazine rings is 1. The maximum Gasteiger partial charge on any atom is 0.235 e. The number of imide groups is 1. The molecule has 1 aromatic carbocycles.